The number of amides is 2. The minimum absolute atomic E-state index is 0.0841. The molecule has 166 valence electrons. The minimum Gasteiger partial charge on any atom is -0.490 e. The Morgan fingerprint density at radius 3 is 2.55 bits per heavy atom. The molecule has 8 heteroatoms. The van der Waals surface area contributed by atoms with Crippen molar-refractivity contribution >= 4 is 23.4 Å². The van der Waals surface area contributed by atoms with Gasteiger partial charge < -0.3 is 25.0 Å². The summed E-state index contributed by atoms with van der Waals surface area (Å²) in [5, 5.41) is 6.14. The van der Waals surface area contributed by atoms with Crippen molar-refractivity contribution in [3.05, 3.63) is 59.1 Å². The van der Waals surface area contributed by atoms with Crippen LogP contribution in [0.15, 0.2) is 48.5 Å². The number of hydrogen-bond acceptors (Lipinski definition) is 5. The smallest absolute Gasteiger partial charge is 0.257 e. The zero-order valence-electron chi connectivity index (χ0n) is 17.6. The number of ether oxygens (including phenoxy) is 2. The van der Waals surface area contributed by atoms with Crippen LogP contribution in [0.3, 0.4) is 0 Å². The molecule has 0 aliphatic carbocycles. The number of carbonyl (C=O) groups excluding carboxylic acids is 2. The number of nitrogens with zero attached hydrogens (tertiary/aromatic N) is 1. The van der Waals surface area contributed by atoms with E-state index in [1.165, 1.54) is 0 Å². The van der Waals surface area contributed by atoms with Gasteiger partial charge in [0.2, 0.25) is 0 Å². The van der Waals surface area contributed by atoms with Gasteiger partial charge in [-0.1, -0.05) is 17.7 Å². The van der Waals surface area contributed by atoms with Crippen LogP contribution in [0.4, 0.5) is 0 Å². The maximum absolute atomic E-state index is 12.4. The highest BCUT2D eigenvalue weighted by molar-refractivity contribution is 6.30. The molecule has 0 saturated carbocycles. The Kier molecular flexibility index (Phi) is 8.55. The molecule has 1 aliphatic rings. The van der Waals surface area contributed by atoms with Gasteiger partial charge in [-0.25, -0.2) is 0 Å². The molecule has 0 bridgehead atoms. The average molecular weight is 446 g/mol. The van der Waals surface area contributed by atoms with Crippen molar-refractivity contribution in [2.24, 2.45) is 0 Å². The topological polar surface area (TPSA) is 79.9 Å². The molecule has 31 heavy (non-hydrogen) atoms. The van der Waals surface area contributed by atoms with Crippen molar-refractivity contribution in [3.8, 4) is 11.5 Å². The predicted molar refractivity (Wildman–Crippen MR) is 120 cm³/mol. The molecular formula is C23H28ClN3O4. The fraction of sp³-hybridized carbons (Fsp3) is 0.391. The predicted octanol–water partition coefficient (Wildman–Crippen LogP) is 2.74. The summed E-state index contributed by atoms with van der Waals surface area (Å²) in [6.45, 7) is 3.12. The molecule has 1 heterocycles. The third-order valence-corrected chi connectivity index (χ3v) is 5.36. The van der Waals surface area contributed by atoms with Gasteiger partial charge in [-0.3, -0.25) is 9.59 Å². The summed E-state index contributed by atoms with van der Waals surface area (Å²) < 4.78 is 11.4. The fourth-order valence-electron chi connectivity index (χ4n) is 3.33. The van der Waals surface area contributed by atoms with Gasteiger partial charge >= 0.3 is 0 Å². The first kappa shape index (κ1) is 22.9. The lowest BCUT2D eigenvalue weighted by Gasteiger charge is -2.32. The van der Waals surface area contributed by atoms with Gasteiger partial charge in [-0.15, -0.1) is 0 Å². The van der Waals surface area contributed by atoms with E-state index in [4.69, 9.17) is 21.1 Å². The van der Waals surface area contributed by atoms with Crippen molar-refractivity contribution < 1.29 is 19.1 Å². The van der Waals surface area contributed by atoms with Crippen LogP contribution >= 0.6 is 11.6 Å². The lowest BCUT2D eigenvalue weighted by Crippen LogP contribution is -2.42. The quantitative estimate of drug-likeness (QED) is 0.620. The molecule has 2 N–H and O–H groups in total. The van der Waals surface area contributed by atoms with Crippen LogP contribution in [-0.4, -0.2) is 62.7 Å². The molecule has 2 aromatic carbocycles. The number of benzene rings is 2. The lowest BCUT2D eigenvalue weighted by atomic mass is 10.1. The van der Waals surface area contributed by atoms with Crippen LogP contribution in [0.2, 0.25) is 5.02 Å². The van der Waals surface area contributed by atoms with E-state index < -0.39 is 0 Å². The van der Waals surface area contributed by atoms with Gasteiger partial charge in [-0.05, 0) is 55.3 Å². The molecular weight excluding hydrogens is 418 g/mol. The first-order valence-electron chi connectivity index (χ1n) is 10.4. The number of piperidine rings is 1. The summed E-state index contributed by atoms with van der Waals surface area (Å²) in [7, 11) is 1.55. The van der Waals surface area contributed by atoms with E-state index in [1.807, 2.05) is 24.3 Å². The number of likely N-dealkylation sites (N-methyl/N-ethyl adjacent to an activating group) is 1. The van der Waals surface area contributed by atoms with Gasteiger partial charge in [0.25, 0.3) is 11.8 Å². The Morgan fingerprint density at radius 2 is 1.84 bits per heavy atom. The highest BCUT2D eigenvalue weighted by Gasteiger charge is 2.20. The standard InChI is InChI=1S/C23H28ClN3O4/c1-25-22(28)16-30-21-4-2-3-17(15-21)23(29)26-11-14-27-12-9-20(10-13-27)31-19-7-5-18(24)6-8-19/h2-8,15,20H,9-14,16H2,1H3,(H,25,28)(H,26,29). The summed E-state index contributed by atoms with van der Waals surface area (Å²) in [5.41, 5.74) is 0.504. The van der Waals surface area contributed by atoms with E-state index in [0.29, 0.717) is 22.9 Å². The second-order valence-corrected chi connectivity index (χ2v) is 7.79. The Morgan fingerprint density at radius 1 is 1.10 bits per heavy atom. The lowest BCUT2D eigenvalue weighted by molar-refractivity contribution is -0.122. The first-order valence-corrected chi connectivity index (χ1v) is 10.8. The minimum atomic E-state index is -0.225. The zero-order valence-corrected chi connectivity index (χ0v) is 18.4. The van der Waals surface area contributed by atoms with E-state index in [0.717, 1.165) is 38.2 Å². The van der Waals surface area contributed by atoms with E-state index in [1.54, 1.807) is 31.3 Å². The molecule has 1 aliphatic heterocycles. The van der Waals surface area contributed by atoms with Gasteiger partial charge in [0.1, 0.15) is 17.6 Å². The van der Waals surface area contributed by atoms with Crippen LogP contribution in [0.25, 0.3) is 0 Å². The average Bonchev–Trinajstić information content (AvgIpc) is 2.80. The summed E-state index contributed by atoms with van der Waals surface area (Å²) in [5.74, 6) is 0.944. The third kappa shape index (κ3) is 7.45. The van der Waals surface area contributed by atoms with Crippen LogP contribution in [0, 0.1) is 0 Å². The number of nitrogens with one attached hydrogen (secondary N) is 2. The van der Waals surface area contributed by atoms with E-state index >= 15 is 0 Å². The Bertz CT molecular complexity index is 867. The molecule has 7 nitrogen and oxygen atoms in total. The molecule has 1 saturated heterocycles. The largest absolute Gasteiger partial charge is 0.490 e. The highest BCUT2D eigenvalue weighted by atomic mass is 35.5. The summed E-state index contributed by atoms with van der Waals surface area (Å²) in [4.78, 5) is 26.0. The number of rotatable bonds is 9. The Hall–Kier alpha value is -2.77. The van der Waals surface area contributed by atoms with Crippen LogP contribution < -0.4 is 20.1 Å². The Labute approximate surface area is 187 Å². The zero-order chi connectivity index (χ0) is 22.1. The van der Waals surface area contributed by atoms with E-state index in [2.05, 4.69) is 15.5 Å². The molecule has 0 unspecified atom stereocenters. The molecule has 0 atom stereocenters. The molecule has 0 radical (unpaired) electrons. The number of likely N-dealkylation sites (tertiary alicyclic amines) is 1. The second-order valence-electron chi connectivity index (χ2n) is 7.36. The van der Waals surface area contributed by atoms with Crippen LogP contribution in [0.1, 0.15) is 23.2 Å². The molecule has 1 fully saturated rings. The van der Waals surface area contributed by atoms with E-state index in [9.17, 15) is 9.59 Å². The molecule has 2 aromatic rings. The fourth-order valence-corrected chi connectivity index (χ4v) is 3.46. The Balaban J connectivity index is 1.36. The normalized spacial score (nSPS) is 14.6. The first-order chi connectivity index (χ1) is 15.0. The van der Waals surface area contributed by atoms with Gasteiger partial charge in [-0.2, -0.15) is 0 Å². The van der Waals surface area contributed by atoms with Crippen molar-refractivity contribution in [3.63, 3.8) is 0 Å². The number of halogens is 1. The van der Waals surface area contributed by atoms with Crippen molar-refractivity contribution in [1.82, 2.24) is 15.5 Å². The van der Waals surface area contributed by atoms with Crippen molar-refractivity contribution in [1.29, 1.82) is 0 Å². The summed E-state index contributed by atoms with van der Waals surface area (Å²) in [6, 6.07) is 14.3. The van der Waals surface area contributed by atoms with Gasteiger partial charge in [0.15, 0.2) is 6.61 Å². The molecule has 3 rings (SSSR count). The van der Waals surface area contributed by atoms with Crippen molar-refractivity contribution in [2.45, 2.75) is 18.9 Å². The second kappa shape index (κ2) is 11.6. The summed E-state index contributed by atoms with van der Waals surface area (Å²) in [6.07, 6.45) is 2.09. The van der Waals surface area contributed by atoms with Gasteiger partial charge in [0, 0.05) is 43.8 Å². The van der Waals surface area contributed by atoms with Crippen LogP contribution in [0.5, 0.6) is 11.5 Å². The third-order valence-electron chi connectivity index (χ3n) is 5.11. The SMILES string of the molecule is CNC(=O)COc1cccc(C(=O)NCCN2CCC(Oc3ccc(Cl)cc3)CC2)c1. The number of carbonyl (C=O) groups is 2. The van der Waals surface area contributed by atoms with E-state index in [-0.39, 0.29) is 24.5 Å². The number of hydrogen-bond donors (Lipinski definition) is 2. The van der Waals surface area contributed by atoms with Crippen LogP contribution in [-0.2, 0) is 4.79 Å². The maximum atomic E-state index is 12.4. The molecule has 2 amide bonds. The summed E-state index contributed by atoms with van der Waals surface area (Å²) >= 11 is 5.91. The van der Waals surface area contributed by atoms with Crippen molar-refractivity contribution in [2.75, 3.05) is 39.8 Å². The highest BCUT2D eigenvalue weighted by Crippen LogP contribution is 2.21. The van der Waals surface area contributed by atoms with Gasteiger partial charge in [0.05, 0.1) is 0 Å². The monoisotopic (exact) mass is 445 g/mol. The maximum Gasteiger partial charge on any atom is 0.257 e. The molecule has 0 aromatic heterocycles. The molecule has 0 spiro atoms.